The van der Waals surface area contributed by atoms with E-state index >= 15 is 14.4 Å². The third kappa shape index (κ3) is 19.2. The van der Waals surface area contributed by atoms with Gasteiger partial charge < -0.3 is 132 Å². The predicted octanol–water partition coefficient (Wildman–Crippen LogP) is 4.17. The Kier molecular flexibility index (Phi) is 26.4. The molecule has 7 aliphatic heterocycles. The Morgan fingerprint density at radius 1 is 0.667 bits per heavy atom. The van der Waals surface area contributed by atoms with Crippen LogP contribution in [-0.4, -0.2) is 191 Å². The Labute approximate surface area is 682 Å². The van der Waals surface area contributed by atoms with Crippen LogP contribution in [0.3, 0.4) is 0 Å². The van der Waals surface area contributed by atoms with Crippen LogP contribution in [0.25, 0.3) is 11.1 Å². The number of halogens is 3. The molecule has 117 heavy (non-hydrogen) atoms. The maximum Gasteiger partial charge on any atom is 0.330 e. The molecule has 7 aromatic carbocycles. The van der Waals surface area contributed by atoms with Gasteiger partial charge in [-0.3, -0.25) is 33.6 Å². The number of aliphatic carboxylic acids is 1. The van der Waals surface area contributed by atoms with Gasteiger partial charge in [0.05, 0.1) is 41.3 Å². The van der Waals surface area contributed by atoms with Crippen LogP contribution in [0.4, 0.5) is 0 Å². The molecule has 11 bridgehead atoms. The van der Waals surface area contributed by atoms with E-state index in [-0.39, 0.29) is 59.4 Å². The molecule has 2 saturated heterocycles. The van der Waals surface area contributed by atoms with Crippen molar-refractivity contribution in [3.05, 3.63) is 181 Å². The molecule has 7 heterocycles. The number of benzene rings is 7. The fourth-order valence-corrected chi connectivity index (χ4v) is 15.0. The van der Waals surface area contributed by atoms with E-state index in [1.54, 1.807) is 38.1 Å². The Morgan fingerprint density at radius 3 is 1.90 bits per heavy atom. The zero-order valence-corrected chi connectivity index (χ0v) is 65.3. The first-order valence-electron chi connectivity index (χ1n) is 37.0. The lowest BCUT2D eigenvalue weighted by molar-refractivity contribution is -0.334. The average Bonchev–Trinajstić information content (AvgIpc) is 0.770. The van der Waals surface area contributed by atoms with Gasteiger partial charge in [0.15, 0.2) is 29.9 Å². The molecule has 7 amide bonds. The van der Waals surface area contributed by atoms with E-state index < -0.39 is 237 Å². The molecule has 34 nitrogen and oxygen atoms in total. The molecule has 0 spiro atoms. The fraction of sp³-hybridized carbons (Fsp3) is 0.375. The molecule has 7 aliphatic rings. The number of aliphatic hydroxyl groups is 6. The lowest BCUT2D eigenvalue weighted by Gasteiger charge is -2.48. The quantitative estimate of drug-likeness (QED) is 0.0540. The van der Waals surface area contributed by atoms with Gasteiger partial charge in [0.25, 0.3) is 0 Å². The molecule has 0 radical (unpaired) electrons. The highest BCUT2D eigenvalue weighted by Crippen LogP contribution is 2.50. The first-order valence-corrected chi connectivity index (χ1v) is 38.1. The van der Waals surface area contributed by atoms with Crippen molar-refractivity contribution in [2.45, 2.75) is 169 Å². The number of aromatic hydroxyl groups is 3. The summed E-state index contributed by atoms with van der Waals surface area (Å²) in [5.74, 6) is -15.5. The summed E-state index contributed by atoms with van der Waals surface area (Å²) in [6.45, 7) is 6.36. The number of rotatable bonds is 19. The van der Waals surface area contributed by atoms with E-state index in [1.165, 1.54) is 19.2 Å². The first kappa shape index (κ1) is 85.7. The number of likely N-dealkylation sites (N-methyl/N-ethyl adjacent to an activating group) is 1. The highest BCUT2D eigenvalue weighted by Gasteiger charge is 2.52. The van der Waals surface area contributed by atoms with Gasteiger partial charge in [-0.1, -0.05) is 91.1 Å². The second kappa shape index (κ2) is 36.1. The Morgan fingerprint density at radius 2 is 1.28 bits per heavy atom. The van der Waals surface area contributed by atoms with Gasteiger partial charge in [0.1, 0.15) is 102 Å². The number of aliphatic hydroxyl groups excluding tert-OH is 6. The summed E-state index contributed by atoms with van der Waals surface area (Å²) < 4.78 is 45.4. The van der Waals surface area contributed by atoms with Crippen molar-refractivity contribution in [3.63, 3.8) is 0 Å². The van der Waals surface area contributed by atoms with E-state index in [1.807, 2.05) is 38.1 Å². The largest absolute Gasteiger partial charge is 0.508 e. The number of hydrogen-bond acceptors (Lipinski definition) is 26. The minimum absolute atomic E-state index is 0.109. The third-order valence-electron chi connectivity index (χ3n) is 20.7. The van der Waals surface area contributed by atoms with Crippen molar-refractivity contribution in [2.75, 3.05) is 13.7 Å². The first-order chi connectivity index (χ1) is 55.6. The van der Waals surface area contributed by atoms with E-state index in [0.717, 1.165) is 77.9 Å². The van der Waals surface area contributed by atoms with Crippen LogP contribution >= 0.6 is 34.8 Å². The average molecular weight is 1680 g/mol. The number of hydrogen-bond donors (Lipinski definition) is 19. The van der Waals surface area contributed by atoms with Crippen LogP contribution in [-0.2, 0) is 65.7 Å². The topological polar surface area (TPSA) is 526 Å². The van der Waals surface area contributed by atoms with Gasteiger partial charge in [0.2, 0.25) is 53.4 Å². The Balaban J connectivity index is 1.02. The van der Waals surface area contributed by atoms with E-state index in [4.69, 9.17) is 73.7 Å². The molecule has 7 aromatic rings. The minimum Gasteiger partial charge on any atom is -0.508 e. The number of carbonyl (C=O) groups excluding carboxylic acids is 7. The summed E-state index contributed by atoms with van der Waals surface area (Å²) in [6.07, 6.45) is -18.8. The molecule has 14 rings (SSSR count). The molecule has 0 aromatic heterocycles. The lowest BCUT2D eigenvalue weighted by Crippen LogP contribution is -2.65. The van der Waals surface area contributed by atoms with Gasteiger partial charge in [-0.15, -0.1) is 0 Å². The Bertz CT molecular complexity index is 4940. The number of phenols is 3. The zero-order valence-electron chi connectivity index (χ0n) is 63.1. The van der Waals surface area contributed by atoms with Gasteiger partial charge in [-0.25, -0.2) is 4.79 Å². The van der Waals surface area contributed by atoms with Gasteiger partial charge >= 0.3 is 5.97 Å². The normalized spacial score (nSPS) is 26.9. The second-order valence-electron chi connectivity index (χ2n) is 29.5. The van der Waals surface area contributed by atoms with Crippen LogP contribution in [0.2, 0.25) is 15.1 Å². The van der Waals surface area contributed by atoms with Crippen molar-refractivity contribution < 1.29 is 123 Å². The van der Waals surface area contributed by atoms with E-state index in [2.05, 4.69) is 42.5 Å². The number of nitrogens with two attached hydrogens (primary N) is 1. The number of carboxylic acid groups (broad SMARTS) is 1. The Hall–Kier alpha value is -10.7. The van der Waals surface area contributed by atoms with E-state index in [0.29, 0.717) is 10.8 Å². The predicted molar refractivity (Wildman–Crippen MR) is 414 cm³/mol. The van der Waals surface area contributed by atoms with Crippen molar-refractivity contribution in [2.24, 2.45) is 11.7 Å². The smallest absolute Gasteiger partial charge is 0.330 e. The molecule has 18 atom stereocenters. The number of ether oxygens (including phenoxy) is 7. The van der Waals surface area contributed by atoms with Crippen molar-refractivity contribution >= 4 is 82.1 Å². The lowest BCUT2D eigenvalue weighted by atomic mass is 9.84. The zero-order chi connectivity index (χ0) is 84.3. The third-order valence-corrected chi connectivity index (χ3v) is 21.5. The number of nitrogens with one attached hydrogen (secondary N) is 8. The minimum atomic E-state index is -2.37. The summed E-state index contributed by atoms with van der Waals surface area (Å²) in [4.78, 5) is 118. The summed E-state index contributed by atoms with van der Waals surface area (Å²) in [5.41, 5.74) is 3.31. The van der Waals surface area contributed by atoms with E-state index in [9.17, 15) is 75.0 Å². The van der Waals surface area contributed by atoms with Crippen LogP contribution < -0.4 is 67.2 Å². The van der Waals surface area contributed by atoms with Crippen LogP contribution in [0.15, 0.2) is 127 Å². The van der Waals surface area contributed by atoms with Gasteiger partial charge in [-0.2, -0.15) is 0 Å². The number of primary amides is 1. The summed E-state index contributed by atoms with van der Waals surface area (Å²) in [6, 6.07) is 13.7. The SMILES string of the molecule is CN[C@H](CC(C)C)C(=O)N[C@H]1C(=O)N[C@@H](CC(N)=O)C(=O)N[C@H]2C(=O)N[C@H]3C(=O)N[C@H](C(=O)N[C@H](C(=O)O)c4cc(O)cc(O)c4-c4cc3ccc4O)[C@H](O)c3ccc(c(Cl)c3)Oc3cc2cc(c3O[C@@H]2O[C@H](CO)[C@@H](O)[C@H](O)[C@H]2O[C@H]2C[C@](C)(NCc3ccc(OCc4ccc(Cl)cc4)cc3)[C@H](O)[C@H](C)O2)Oc2ccc(cc2Cl)[C@H]1O. The van der Waals surface area contributed by atoms with Crippen molar-refractivity contribution in [1.82, 2.24) is 42.5 Å². The van der Waals surface area contributed by atoms with Crippen molar-refractivity contribution in [3.8, 4) is 62.9 Å². The van der Waals surface area contributed by atoms with Crippen LogP contribution in [0, 0.1) is 5.92 Å². The maximum absolute atomic E-state index is 16.2. The monoisotopic (exact) mass is 1680 g/mol. The summed E-state index contributed by atoms with van der Waals surface area (Å²) in [7, 11) is 1.47. The highest BCUT2D eigenvalue weighted by atomic mass is 35.5. The highest BCUT2D eigenvalue weighted by molar-refractivity contribution is 6.32. The number of carbonyl (C=O) groups is 8. The standard InChI is InChI=1S/C80H86Cl3N9O25/c1-33(2)20-48(85-5)72(103)91-63-65(98)38-11-18-52(46(82)22-38)113-54-24-40-25-55(69(54)117-79-70(68(101)67(100)56(31-93)115-79)116-58-29-80(4,71(102)34(3)112-58)86-30-35-8-15-43(16-9-35)111-32-36-6-13-41(81)14-7-36)114-53-19-12-39(23-47(53)83)66(99)64-77(108)90-62(78(109)110)45-26-42(94)27-51(96)59(45)44-21-37(10-17-50(44)95)60(74(105)92-64)89-75(106)61(40)88-73(104)49(28-57(84)97)87-76(63)107/h6-19,21-27,33-34,48-49,56,58,60-68,70-71,79,85-86,93-96,98-102H,20,28-32H2,1-5H3,(H2,84,97)(H,87,107)(H,88,104)(H,89,106)(H,90,108)(H,91,103)(H,92,105)(H,109,110)/t34-,48+,49-,56+,58-,60+,61+,62-,63+,64-,65+,66+,67+,68-,70+,71+,79-,80-/m0/s1. The number of phenolic OH excluding ortho intramolecular Hbond substituents is 3. The van der Waals surface area contributed by atoms with Gasteiger partial charge in [0, 0.05) is 46.3 Å². The maximum atomic E-state index is 16.2. The molecule has 622 valence electrons. The molecule has 0 unspecified atom stereocenters. The molecule has 20 N–H and O–H groups in total. The second-order valence-corrected chi connectivity index (χ2v) is 30.8. The van der Waals surface area contributed by atoms with Gasteiger partial charge in [-0.05, 0) is 145 Å². The molecule has 37 heteroatoms. The molecule has 2 fully saturated rings. The number of amides is 7. The molecule has 0 aliphatic carbocycles. The number of carboxylic acids is 1. The molecule has 0 saturated carbocycles. The molecular weight excluding hydrogens is 1590 g/mol. The van der Waals surface area contributed by atoms with Crippen LogP contribution in [0.5, 0.6) is 51.7 Å². The van der Waals surface area contributed by atoms with Crippen LogP contribution in [0.1, 0.15) is 116 Å². The summed E-state index contributed by atoms with van der Waals surface area (Å²) in [5, 5.41) is 137. The fourth-order valence-electron chi connectivity index (χ4n) is 14.4. The summed E-state index contributed by atoms with van der Waals surface area (Å²) >= 11 is 20.4. The molecular formula is C80H86Cl3N9O25. The van der Waals surface area contributed by atoms with Crippen molar-refractivity contribution in [1.29, 1.82) is 0 Å². The number of fused-ring (bicyclic) bond motifs is 15.